The van der Waals surface area contributed by atoms with Crippen molar-refractivity contribution in [2.24, 2.45) is 4.99 Å². The summed E-state index contributed by atoms with van der Waals surface area (Å²) >= 11 is 0. The molecule has 1 unspecified atom stereocenters. The van der Waals surface area contributed by atoms with E-state index in [0.717, 1.165) is 43.0 Å². The van der Waals surface area contributed by atoms with E-state index >= 15 is 0 Å². The average Bonchev–Trinajstić information content (AvgIpc) is 2.77. The summed E-state index contributed by atoms with van der Waals surface area (Å²) in [4.78, 5) is 18.5. The zero-order chi connectivity index (χ0) is 21.1. The van der Waals surface area contributed by atoms with Crippen LogP contribution in [0.5, 0.6) is 0 Å². The summed E-state index contributed by atoms with van der Waals surface area (Å²) in [7, 11) is 1.78. The molecular formula is C24H34N4O. The molecule has 2 N–H and O–H groups in total. The summed E-state index contributed by atoms with van der Waals surface area (Å²) in [6.45, 7) is 8.28. The predicted octanol–water partition coefficient (Wildman–Crippen LogP) is 3.85. The van der Waals surface area contributed by atoms with E-state index in [0.29, 0.717) is 12.6 Å². The van der Waals surface area contributed by atoms with Gasteiger partial charge in [0, 0.05) is 38.3 Å². The van der Waals surface area contributed by atoms with Crippen LogP contribution in [0.1, 0.15) is 48.7 Å². The molecule has 0 fully saturated rings. The second-order valence-corrected chi connectivity index (χ2v) is 7.17. The van der Waals surface area contributed by atoms with Crippen LogP contribution in [-0.4, -0.2) is 42.9 Å². The zero-order valence-corrected chi connectivity index (χ0v) is 18.1. The van der Waals surface area contributed by atoms with E-state index in [1.807, 2.05) is 49.1 Å². The third-order valence-corrected chi connectivity index (χ3v) is 5.03. The second-order valence-electron chi connectivity index (χ2n) is 7.17. The van der Waals surface area contributed by atoms with Crippen molar-refractivity contribution < 1.29 is 4.79 Å². The largest absolute Gasteiger partial charge is 0.354 e. The molecular weight excluding hydrogens is 360 g/mol. The van der Waals surface area contributed by atoms with E-state index in [1.165, 1.54) is 5.56 Å². The molecule has 0 aliphatic heterocycles. The monoisotopic (exact) mass is 394 g/mol. The van der Waals surface area contributed by atoms with Crippen LogP contribution in [-0.2, 0) is 13.0 Å². The van der Waals surface area contributed by atoms with Crippen LogP contribution in [0.3, 0.4) is 0 Å². The number of aryl methyl sites for hydroxylation is 1. The summed E-state index contributed by atoms with van der Waals surface area (Å²) in [6.07, 6.45) is 2.07. The van der Waals surface area contributed by atoms with E-state index in [2.05, 4.69) is 46.8 Å². The number of carbonyl (C=O) groups excluding carboxylic acids is 1. The van der Waals surface area contributed by atoms with E-state index in [-0.39, 0.29) is 5.91 Å². The fourth-order valence-corrected chi connectivity index (χ4v) is 3.17. The molecule has 0 heterocycles. The van der Waals surface area contributed by atoms with Crippen molar-refractivity contribution in [3.8, 4) is 0 Å². The van der Waals surface area contributed by atoms with Gasteiger partial charge in [0.25, 0.3) is 5.91 Å². The molecule has 1 amide bonds. The smallest absolute Gasteiger partial charge is 0.253 e. The third kappa shape index (κ3) is 7.26. The average molecular weight is 395 g/mol. The summed E-state index contributed by atoms with van der Waals surface area (Å²) in [6, 6.07) is 18.6. The first kappa shape index (κ1) is 22.5. The first-order chi connectivity index (χ1) is 14.1. The zero-order valence-electron chi connectivity index (χ0n) is 18.1. The van der Waals surface area contributed by atoms with Gasteiger partial charge in [-0.05, 0) is 56.9 Å². The van der Waals surface area contributed by atoms with Gasteiger partial charge in [-0.1, -0.05) is 42.5 Å². The highest BCUT2D eigenvalue weighted by Crippen LogP contribution is 2.08. The Bertz CT molecular complexity index is 767. The van der Waals surface area contributed by atoms with Crippen molar-refractivity contribution >= 4 is 11.9 Å². The summed E-state index contributed by atoms with van der Waals surface area (Å²) < 4.78 is 0. The molecule has 2 aromatic rings. The molecule has 29 heavy (non-hydrogen) atoms. The van der Waals surface area contributed by atoms with Crippen LogP contribution in [0.25, 0.3) is 0 Å². The summed E-state index contributed by atoms with van der Waals surface area (Å²) in [5, 5.41) is 6.80. The molecule has 0 saturated carbocycles. The van der Waals surface area contributed by atoms with Crippen LogP contribution in [0, 0.1) is 0 Å². The number of benzene rings is 2. The molecule has 5 nitrogen and oxygen atoms in total. The van der Waals surface area contributed by atoms with Crippen molar-refractivity contribution in [1.29, 1.82) is 0 Å². The Morgan fingerprint density at radius 3 is 2.24 bits per heavy atom. The number of amides is 1. The Morgan fingerprint density at radius 2 is 1.66 bits per heavy atom. The topological polar surface area (TPSA) is 56.7 Å². The van der Waals surface area contributed by atoms with E-state index < -0.39 is 0 Å². The predicted molar refractivity (Wildman–Crippen MR) is 121 cm³/mol. The van der Waals surface area contributed by atoms with E-state index in [9.17, 15) is 4.79 Å². The normalized spacial score (nSPS) is 12.3. The lowest BCUT2D eigenvalue weighted by atomic mass is 10.1. The summed E-state index contributed by atoms with van der Waals surface area (Å²) in [5.74, 6) is 0.869. The van der Waals surface area contributed by atoms with Gasteiger partial charge in [0.15, 0.2) is 5.96 Å². The number of hydrogen-bond acceptors (Lipinski definition) is 2. The lowest BCUT2D eigenvalue weighted by molar-refractivity contribution is 0.0773. The highest BCUT2D eigenvalue weighted by atomic mass is 16.2. The van der Waals surface area contributed by atoms with Crippen LogP contribution in [0.2, 0.25) is 0 Å². The van der Waals surface area contributed by atoms with Gasteiger partial charge in [0.1, 0.15) is 0 Å². The Hall–Kier alpha value is -2.82. The first-order valence-corrected chi connectivity index (χ1v) is 10.5. The van der Waals surface area contributed by atoms with Crippen LogP contribution >= 0.6 is 0 Å². The second kappa shape index (κ2) is 11.9. The van der Waals surface area contributed by atoms with Crippen molar-refractivity contribution in [1.82, 2.24) is 15.5 Å². The molecule has 0 aliphatic rings. The lowest BCUT2D eigenvalue weighted by Gasteiger charge is -2.19. The molecule has 2 aromatic carbocycles. The minimum absolute atomic E-state index is 0.0826. The van der Waals surface area contributed by atoms with Gasteiger partial charge in [0.05, 0.1) is 0 Å². The Kier molecular flexibility index (Phi) is 9.22. The maximum atomic E-state index is 12.4. The third-order valence-electron chi connectivity index (χ3n) is 5.03. The number of guanidine groups is 1. The molecule has 1 atom stereocenters. The number of aliphatic imine (C=N–C) groups is 1. The van der Waals surface area contributed by atoms with Crippen molar-refractivity contribution in [2.45, 2.75) is 46.2 Å². The van der Waals surface area contributed by atoms with Crippen LogP contribution < -0.4 is 10.6 Å². The van der Waals surface area contributed by atoms with Crippen LogP contribution in [0.15, 0.2) is 59.6 Å². The molecule has 2 rings (SSSR count). The van der Waals surface area contributed by atoms with E-state index in [1.54, 1.807) is 7.05 Å². The number of carbonyl (C=O) groups is 1. The lowest BCUT2D eigenvalue weighted by Crippen LogP contribution is -2.42. The van der Waals surface area contributed by atoms with Gasteiger partial charge in [-0.15, -0.1) is 0 Å². The molecule has 156 valence electrons. The number of rotatable bonds is 9. The van der Waals surface area contributed by atoms with Gasteiger partial charge >= 0.3 is 0 Å². The Morgan fingerprint density at radius 1 is 1.00 bits per heavy atom. The molecule has 0 spiro atoms. The minimum atomic E-state index is 0.0826. The standard InChI is InChI=1S/C24H34N4O/c1-5-28(6-2)23(29)22-16-14-21(15-17-22)18-26-24(25-4)27-19(3)12-13-20-10-8-7-9-11-20/h7-11,14-17,19H,5-6,12-13,18H2,1-4H3,(H2,25,26,27). The molecule has 0 bridgehead atoms. The highest BCUT2D eigenvalue weighted by molar-refractivity contribution is 5.94. The number of nitrogens with one attached hydrogen (secondary N) is 2. The van der Waals surface area contributed by atoms with Crippen molar-refractivity contribution in [3.05, 3.63) is 71.3 Å². The quantitative estimate of drug-likeness (QED) is 0.502. The molecule has 0 aromatic heterocycles. The van der Waals surface area contributed by atoms with Gasteiger partial charge in [0.2, 0.25) is 0 Å². The Labute approximate surface area is 175 Å². The molecule has 0 radical (unpaired) electrons. The first-order valence-electron chi connectivity index (χ1n) is 10.5. The fraction of sp³-hybridized carbons (Fsp3) is 0.417. The van der Waals surface area contributed by atoms with Gasteiger partial charge < -0.3 is 15.5 Å². The van der Waals surface area contributed by atoms with Gasteiger partial charge in [-0.3, -0.25) is 9.79 Å². The van der Waals surface area contributed by atoms with E-state index in [4.69, 9.17) is 0 Å². The Balaban J connectivity index is 1.81. The maximum Gasteiger partial charge on any atom is 0.253 e. The molecule has 5 heteroatoms. The fourth-order valence-electron chi connectivity index (χ4n) is 3.17. The SMILES string of the molecule is CCN(CC)C(=O)c1ccc(CNC(=NC)NC(C)CCc2ccccc2)cc1. The minimum Gasteiger partial charge on any atom is -0.354 e. The molecule has 0 saturated heterocycles. The number of nitrogens with zero attached hydrogens (tertiary/aromatic N) is 2. The highest BCUT2D eigenvalue weighted by Gasteiger charge is 2.12. The van der Waals surface area contributed by atoms with Gasteiger partial charge in [-0.2, -0.15) is 0 Å². The number of hydrogen-bond donors (Lipinski definition) is 2. The summed E-state index contributed by atoms with van der Waals surface area (Å²) in [5.41, 5.74) is 3.19. The molecule has 0 aliphatic carbocycles. The van der Waals surface area contributed by atoms with Crippen molar-refractivity contribution in [2.75, 3.05) is 20.1 Å². The maximum absolute atomic E-state index is 12.4. The van der Waals surface area contributed by atoms with Gasteiger partial charge in [-0.25, -0.2) is 0 Å². The van der Waals surface area contributed by atoms with Crippen molar-refractivity contribution in [3.63, 3.8) is 0 Å². The van der Waals surface area contributed by atoms with Crippen LogP contribution in [0.4, 0.5) is 0 Å².